The number of amides is 1. The molecule has 0 aromatic heterocycles. The van der Waals surface area contributed by atoms with E-state index in [1.54, 1.807) is 6.07 Å². The molecule has 0 aliphatic heterocycles. The highest BCUT2D eigenvalue weighted by molar-refractivity contribution is 5.94. The Morgan fingerprint density at radius 2 is 1.70 bits per heavy atom. The minimum Gasteiger partial charge on any atom is -0.379 e. The lowest BCUT2D eigenvalue weighted by molar-refractivity contribution is -0.117. The van der Waals surface area contributed by atoms with Crippen molar-refractivity contribution in [1.82, 2.24) is 0 Å². The van der Waals surface area contributed by atoms with Crippen LogP contribution in [0.15, 0.2) is 42.5 Å². The number of halogens is 2. The van der Waals surface area contributed by atoms with Crippen molar-refractivity contribution in [1.29, 1.82) is 0 Å². The van der Waals surface area contributed by atoms with E-state index in [0.717, 1.165) is 30.3 Å². The number of carbonyl (C=O) groups is 1. The summed E-state index contributed by atoms with van der Waals surface area (Å²) in [6.45, 7) is 1.87. The third-order valence-electron chi connectivity index (χ3n) is 3.93. The van der Waals surface area contributed by atoms with Gasteiger partial charge in [0.05, 0.1) is 0 Å². The van der Waals surface area contributed by atoms with Crippen molar-refractivity contribution >= 4 is 17.3 Å². The minimum absolute atomic E-state index is 0.0702. The molecule has 0 bridgehead atoms. The lowest BCUT2D eigenvalue weighted by atomic mass is 10.1. The summed E-state index contributed by atoms with van der Waals surface area (Å²) in [6.07, 6.45) is 1.94. The van der Waals surface area contributed by atoms with Crippen LogP contribution >= 0.6 is 0 Å². The van der Waals surface area contributed by atoms with Crippen molar-refractivity contribution < 1.29 is 13.6 Å². The molecule has 0 radical (unpaired) electrons. The summed E-state index contributed by atoms with van der Waals surface area (Å²) in [6, 6.07) is 11.0. The summed E-state index contributed by atoms with van der Waals surface area (Å²) >= 11 is 0. The first-order chi connectivity index (χ1) is 11.0. The molecule has 1 atom stereocenters. The Balaban J connectivity index is 1.62. The van der Waals surface area contributed by atoms with E-state index in [-0.39, 0.29) is 17.9 Å². The monoisotopic (exact) mass is 316 g/mol. The molecule has 1 fully saturated rings. The molecule has 5 heteroatoms. The normalized spacial score (nSPS) is 15.1. The number of nitrogens with one attached hydrogen (secondary N) is 2. The summed E-state index contributed by atoms with van der Waals surface area (Å²) in [5.74, 6) is -1.46. The van der Waals surface area contributed by atoms with E-state index in [9.17, 15) is 13.6 Å². The molecule has 0 heterocycles. The molecule has 3 rings (SSSR count). The average molecular weight is 316 g/mol. The molecule has 2 aromatic rings. The van der Waals surface area contributed by atoms with Gasteiger partial charge in [-0.05, 0) is 61.7 Å². The fourth-order valence-electron chi connectivity index (χ4n) is 2.35. The quantitative estimate of drug-likeness (QED) is 0.853. The zero-order chi connectivity index (χ0) is 16.4. The van der Waals surface area contributed by atoms with Gasteiger partial charge in [0.25, 0.3) is 0 Å². The van der Waals surface area contributed by atoms with Crippen molar-refractivity contribution in [2.45, 2.75) is 25.8 Å². The first-order valence-corrected chi connectivity index (χ1v) is 7.65. The second kappa shape index (κ2) is 6.36. The molecule has 0 saturated heterocycles. The maximum Gasteiger partial charge on any atom is 0.227 e. The van der Waals surface area contributed by atoms with Gasteiger partial charge in [-0.3, -0.25) is 4.79 Å². The Morgan fingerprint density at radius 1 is 1.04 bits per heavy atom. The van der Waals surface area contributed by atoms with E-state index in [2.05, 4.69) is 10.6 Å². The van der Waals surface area contributed by atoms with Gasteiger partial charge in [-0.15, -0.1) is 0 Å². The average Bonchev–Trinajstić information content (AvgIpc) is 3.36. The van der Waals surface area contributed by atoms with Gasteiger partial charge in [0.15, 0.2) is 11.6 Å². The standard InChI is InChI=1S/C18H18F2N2O/c1-11(13-4-9-16(19)17(20)10-13)21-14-5-7-15(8-6-14)22-18(23)12-2-3-12/h4-12,21H,2-3H2,1H3,(H,22,23). The van der Waals surface area contributed by atoms with Crippen LogP contribution in [0.1, 0.15) is 31.4 Å². The van der Waals surface area contributed by atoms with Gasteiger partial charge in [0.1, 0.15) is 0 Å². The van der Waals surface area contributed by atoms with E-state index in [0.29, 0.717) is 5.56 Å². The van der Waals surface area contributed by atoms with E-state index < -0.39 is 11.6 Å². The van der Waals surface area contributed by atoms with Crippen LogP contribution in [0.25, 0.3) is 0 Å². The van der Waals surface area contributed by atoms with E-state index in [4.69, 9.17) is 0 Å². The molecule has 2 aromatic carbocycles. The van der Waals surface area contributed by atoms with Crippen molar-refractivity contribution in [2.75, 3.05) is 10.6 Å². The summed E-state index contributed by atoms with van der Waals surface area (Å²) in [4.78, 5) is 11.7. The topological polar surface area (TPSA) is 41.1 Å². The summed E-state index contributed by atoms with van der Waals surface area (Å²) < 4.78 is 26.2. The lowest BCUT2D eigenvalue weighted by Crippen LogP contribution is -2.13. The lowest BCUT2D eigenvalue weighted by Gasteiger charge is -2.16. The number of rotatable bonds is 5. The first kappa shape index (κ1) is 15.5. The molecule has 3 nitrogen and oxygen atoms in total. The molecular weight excluding hydrogens is 298 g/mol. The summed E-state index contributed by atoms with van der Waals surface area (Å²) in [7, 11) is 0. The zero-order valence-corrected chi connectivity index (χ0v) is 12.8. The van der Waals surface area contributed by atoms with Gasteiger partial charge < -0.3 is 10.6 Å². The predicted octanol–water partition coefficient (Wildman–Crippen LogP) is 4.49. The van der Waals surface area contributed by atoms with Gasteiger partial charge in [-0.25, -0.2) is 8.78 Å². The largest absolute Gasteiger partial charge is 0.379 e. The number of carbonyl (C=O) groups excluding carboxylic acids is 1. The molecule has 1 amide bonds. The van der Waals surface area contributed by atoms with Crippen LogP contribution in [0.3, 0.4) is 0 Å². The van der Waals surface area contributed by atoms with Crippen LogP contribution < -0.4 is 10.6 Å². The molecular formula is C18H18F2N2O. The predicted molar refractivity (Wildman–Crippen MR) is 86.2 cm³/mol. The van der Waals surface area contributed by atoms with Gasteiger partial charge >= 0.3 is 0 Å². The number of hydrogen-bond donors (Lipinski definition) is 2. The maximum absolute atomic E-state index is 13.3. The van der Waals surface area contributed by atoms with Crippen LogP contribution in [0.4, 0.5) is 20.2 Å². The molecule has 1 aliphatic carbocycles. The van der Waals surface area contributed by atoms with E-state index in [1.165, 1.54) is 6.07 Å². The maximum atomic E-state index is 13.3. The third kappa shape index (κ3) is 3.86. The van der Waals surface area contributed by atoms with Gasteiger partial charge in [0.2, 0.25) is 5.91 Å². The van der Waals surface area contributed by atoms with Crippen LogP contribution in [0, 0.1) is 17.6 Å². The Labute approximate surface area is 133 Å². The molecule has 0 spiro atoms. The fraction of sp³-hybridized carbons (Fsp3) is 0.278. The van der Waals surface area contributed by atoms with Crippen LogP contribution in [-0.4, -0.2) is 5.91 Å². The van der Waals surface area contributed by atoms with Gasteiger partial charge in [0, 0.05) is 23.3 Å². The zero-order valence-electron chi connectivity index (χ0n) is 12.8. The highest BCUT2D eigenvalue weighted by atomic mass is 19.2. The van der Waals surface area contributed by atoms with Crippen molar-refractivity contribution in [3.05, 3.63) is 59.7 Å². The number of anilines is 2. The Kier molecular flexibility index (Phi) is 4.28. The first-order valence-electron chi connectivity index (χ1n) is 7.65. The minimum atomic E-state index is -0.853. The fourth-order valence-corrected chi connectivity index (χ4v) is 2.35. The second-order valence-corrected chi connectivity index (χ2v) is 5.88. The van der Waals surface area contributed by atoms with Crippen LogP contribution in [0.2, 0.25) is 0 Å². The molecule has 1 aliphatic rings. The molecule has 1 unspecified atom stereocenters. The van der Waals surface area contributed by atoms with Gasteiger partial charge in [-0.2, -0.15) is 0 Å². The SMILES string of the molecule is CC(Nc1ccc(NC(=O)C2CC2)cc1)c1ccc(F)c(F)c1. The Bertz CT molecular complexity index is 711. The highest BCUT2D eigenvalue weighted by Crippen LogP contribution is 2.30. The smallest absolute Gasteiger partial charge is 0.227 e. The second-order valence-electron chi connectivity index (χ2n) is 5.88. The Hall–Kier alpha value is -2.43. The molecule has 1 saturated carbocycles. The van der Waals surface area contributed by atoms with Crippen molar-refractivity contribution in [3.63, 3.8) is 0 Å². The third-order valence-corrected chi connectivity index (χ3v) is 3.93. The number of benzene rings is 2. The summed E-state index contributed by atoms with van der Waals surface area (Å²) in [5, 5.41) is 6.09. The summed E-state index contributed by atoms with van der Waals surface area (Å²) in [5.41, 5.74) is 2.26. The van der Waals surface area contributed by atoms with E-state index in [1.807, 2.05) is 31.2 Å². The van der Waals surface area contributed by atoms with Crippen molar-refractivity contribution in [2.24, 2.45) is 5.92 Å². The van der Waals surface area contributed by atoms with Crippen LogP contribution in [0.5, 0.6) is 0 Å². The highest BCUT2D eigenvalue weighted by Gasteiger charge is 2.29. The van der Waals surface area contributed by atoms with Gasteiger partial charge in [-0.1, -0.05) is 6.07 Å². The molecule has 23 heavy (non-hydrogen) atoms. The Morgan fingerprint density at radius 3 is 2.30 bits per heavy atom. The molecule has 2 N–H and O–H groups in total. The van der Waals surface area contributed by atoms with Crippen molar-refractivity contribution in [3.8, 4) is 0 Å². The van der Waals surface area contributed by atoms with E-state index >= 15 is 0 Å². The number of hydrogen-bond acceptors (Lipinski definition) is 2. The van der Waals surface area contributed by atoms with Crippen LogP contribution in [-0.2, 0) is 4.79 Å². The molecule has 120 valence electrons.